The average Bonchev–Trinajstić information content (AvgIpc) is 2.83. The first kappa shape index (κ1) is 21.7. The maximum Gasteiger partial charge on any atom is 0.341 e. The first-order valence-electron chi connectivity index (χ1n) is 11.0. The molecule has 1 aliphatic carbocycles. The molecular weight excluding hydrogens is 408 g/mol. The quantitative estimate of drug-likeness (QED) is 0.511. The first-order valence-corrected chi connectivity index (χ1v) is 11.0. The summed E-state index contributed by atoms with van der Waals surface area (Å²) in [6.07, 6.45) is 9.06. The molecule has 32 heavy (non-hydrogen) atoms. The summed E-state index contributed by atoms with van der Waals surface area (Å²) < 4.78 is 10.3. The predicted octanol–water partition coefficient (Wildman–Crippen LogP) is 3.69. The summed E-state index contributed by atoms with van der Waals surface area (Å²) in [6.45, 7) is 2.91. The van der Waals surface area contributed by atoms with Gasteiger partial charge in [-0.1, -0.05) is 0 Å². The number of esters is 1. The highest BCUT2D eigenvalue weighted by Crippen LogP contribution is 2.28. The zero-order valence-electron chi connectivity index (χ0n) is 18.4. The molecule has 2 N–H and O–H groups in total. The van der Waals surface area contributed by atoms with Crippen molar-refractivity contribution in [3.63, 3.8) is 0 Å². The smallest absolute Gasteiger partial charge is 0.341 e. The zero-order valence-corrected chi connectivity index (χ0v) is 18.4. The molecule has 0 aromatic carbocycles. The molecule has 3 aromatic heterocycles. The summed E-state index contributed by atoms with van der Waals surface area (Å²) in [5, 5.41) is 7.85. The van der Waals surface area contributed by atoms with Crippen molar-refractivity contribution in [3.05, 3.63) is 42.4 Å². The van der Waals surface area contributed by atoms with Crippen molar-refractivity contribution < 1.29 is 14.3 Å². The van der Waals surface area contributed by atoms with E-state index in [0.29, 0.717) is 36.0 Å². The van der Waals surface area contributed by atoms with Gasteiger partial charge in [-0.25, -0.2) is 24.7 Å². The number of hydrogen-bond acceptors (Lipinski definition) is 9. The summed E-state index contributed by atoms with van der Waals surface area (Å²) >= 11 is 0. The fraction of sp³-hybridized carbons (Fsp3) is 0.435. The molecule has 168 valence electrons. The number of fused-ring (bicyclic) bond motifs is 1. The van der Waals surface area contributed by atoms with E-state index >= 15 is 0 Å². The van der Waals surface area contributed by atoms with Crippen molar-refractivity contribution in [1.29, 1.82) is 0 Å². The molecule has 3 aromatic rings. The van der Waals surface area contributed by atoms with E-state index < -0.39 is 5.97 Å². The first-order chi connectivity index (χ1) is 15.7. The van der Waals surface area contributed by atoms with Gasteiger partial charge in [0, 0.05) is 36.6 Å². The number of ether oxygens (including phenoxy) is 2. The molecule has 0 unspecified atom stereocenters. The molecule has 0 spiro atoms. The number of nitrogens with zero attached hydrogens (tertiary/aromatic N) is 4. The van der Waals surface area contributed by atoms with Gasteiger partial charge < -0.3 is 20.1 Å². The zero-order chi connectivity index (χ0) is 22.3. The Morgan fingerprint density at radius 1 is 1.09 bits per heavy atom. The third-order valence-corrected chi connectivity index (χ3v) is 5.68. The number of anilines is 2. The molecule has 0 aliphatic heterocycles. The van der Waals surface area contributed by atoms with Crippen molar-refractivity contribution in [2.24, 2.45) is 5.92 Å². The Morgan fingerprint density at radius 2 is 1.88 bits per heavy atom. The molecule has 0 radical (unpaired) electrons. The van der Waals surface area contributed by atoms with Gasteiger partial charge in [0.05, 0.1) is 19.3 Å². The van der Waals surface area contributed by atoms with Crippen LogP contribution in [0.4, 0.5) is 11.8 Å². The van der Waals surface area contributed by atoms with E-state index in [2.05, 4.69) is 25.6 Å². The topological polar surface area (TPSA) is 111 Å². The van der Waals surface area contributed by atoms with Crippen LogP contribution < -0.4 is 15.4 Å². The molecule has 0 saturated heterocycles. The van der Waals surface area contributed by atoms with Gasteiger partial charge in [-0.15, -0.1) is 0 Å². The number of carbonyl (C=O) groups is 1. The van der Waals surface area contributed by atoms with Crippen LogP contribution in [0.25, 0.3) is 10.9 Å². The van der Waals surface area contributed by atoms with Crippen LogP contribution in [0.1, 0.15) is 43.0 Å². The minimum Gasteiger partial charge on any atom is -0.479 e. The lowest BCUT2D eigenvalue weighted by atomic mass is 9.86. The fourth-order valence-electron chi connectivity index (χ4n) is 3.95. The number of nitrogens with one attached hydrogen (secondary N) is 2. The van der Waals surface area contributed by atoms with Crippen molar-refractivity contribution in [1.82, 2.24) is 19.9 Å². The third kappa shape index (κ3) is 5.22. The Kier molecular flexibility index (Phi) is 6.94. The van der Waals surface area contributed by atoms with E-state index in [-0.39, 0.29) is 0 Å². The van der Waals surface area contributed by atoms with Gasteiger partial charge in [0.25, 0.3) is 0 Å². The number of hydrogen-bond donors (Lipinski definition) is 2. The van der Waals surface area contributed by atoms with Crippen molar-refractivity contribution >= 4 is 28.6 Å². The minimum absolute atomic E-state index is 0.332. The van der Waals surface area contributed by atoms with Gasteiger partial charge in [-0.2, -0.15) is 0 Å². The van der Waals surface area contributed by atoms with Gasteiger partial charge in [0.15, 0.2) is 0 Å². The minimum atomic E-state index is -0.402. The standard InChI is InChI=1S/C23H28N6O3/c1-3-32-22(30)17-13-26-23(27-14-17)25-12-15-4-7-18(8-5-15)28-19-9-6-16-10-11-24-21(31-2)20(16)29-19/h6,9-11,13-15,18H,3-5,7-8,12H2,1-2H3,(H,28,29)(H,25,26,27)/t15-,18-. The highest BCUT2D eigenvalue weighted by Gasteiger charge is 2.22. The van der Waals surface area contributed by atoms with E-state index in [0.717, 1.165) is 48.9 Å². The van der Waals surface area contributed by atoms with Crippen LogP contribution in [-0.4, -0.2) is 52.2 Å². The van der Waals surface area contributed by atoms with Crippen LogP contribution in [-0.2, 0) is 4.74 Å². The second kappa shape index (κ2) is 10.2. The normalized spacial score (nSPS) is 18.2. The Hall–Kier alpha value is -3.49. The van der Waals surface area contributed by atoms with Gasteiger partial charge in [-0.3, -0.25) is 0 Å². The van der Waals surface area contributed by atoms with Gasteiger partial charge in [0.2, 0.25) is 11.8 Å². The van der Waals surface area contributed by atoms with Crippen molar-refractivity contribution in [2.45, 2.75) is 38.6 Å². The molecule has 0 atom stereocenters. The summed E-state index contributed by atoms with van der Waals surface area (Å²) in [5.74, 6) is 2.07. The van der Waals surface area contributed by atoms with E-state index in [1.165, 1.54) is 12.4 Å². The molecule has 1 saturated carbocycles. The summed E-state index contributed by atoms with van der Waals surface area (Å²) in [6, 6.07) is 6.37. The van der Waals surface area contributed by atoms with Crippen LogP contribution in [0.15, 0.2) is 36.8 Å². The SMILES string of the molecule is CCOC(=O)c1cnc(NC[C@H]2CC[C@H](Nc3ccc4ccnc(OC)c4n3)CC2)nc1. The maximum absolute atomic E-state index is 11.7. The molecule has 1 aliphatic rings. The summed E-state index contributed by atoms with van der Waals surface area (Å²) in [5.41, 5.74) is 1.13. The van der Waals surface area contributed by atoms with Crippen LogP contribution in [0.2, 0.25) is 0 Å². The largest absolute Gasteiger partial charge is 0.479 e. The fourth-order valence-corrected chi connectivity index (χ4v) is 3.95. The monoisotopic (exact) mass is 436 g/mol. The highest BCUT2D eigenvalue weighted by molar-refractivity contribution is 5.88. The second-order valence-corrected chi connectivity index (χ2v) is 7.85. The molecule has 0 bridgehead atoms. The number of rotatable bonds is 8. The van der Waals surface area contributed by atoms with Crippen molar-refractivity contribution in [2.75, 3.05) is 30.9 Å². The Bertz CT molecular complexity index is 1050. The Balaban J connectivity index is 1.26. The van der Waals surface area contributed by atoms with Crippen LogP contribution >= 0.6 is 0 Å². The molecular formula is C23H28N6O3. The number of carbonyl (C=O) groups excluding carboxylic acids is 1. The number of pyridine rings is 2. The molecule has 0 amide bonds. The predicted molar refractivity (Wildman–Crippen MR) is 122 cm³/mol. The van der Waals surface area contributed by atoms with Crippen LogP contribution in [0.3, 0.4) is 0 Å². The van der Waals surface area contributed by atoms with Crippen LogP contribution in [0.5, 0.6) is 5.88 Å². The second-order valence-electron chi connectivity index (χ2n) is 7.85. The Morgan fingerprint density at radius 3 is 2.59 bits per heavy atom. The third-order valence-electron chi connectivity index (χ3n) is 5.68. The van der Waals surface area contributed by atoms with Crippen LogP contribution in [0, 0.1) is 5.92 Å². The summed E-state index contributed by atoms with van der Waals surface area (Å²) in [7, 11) is 1.61. The van der Waals surface area contributed by atoms with E-state index in [4.69, 9.17) is 14.5 Å². The molecule has 4 rings (SSSR count). The highest BCUT2D eigenvalue weighted by atomic mass is 16.5. The molecule has 9 nitrogen and oxygen atoms in total. The molecule has 9 heteroatoms. The van der Waals surface area contributed by atoms with Gasteiger partial charge in [0.1, 0.15) is 11.3 Å². The lowest BCUT2D eigenvalue weighted by Gasteiger charge is -2.29. The lowest BCUT2D eigenvalue weighted by Crippen LogP contribution is -2.29. The van der Waals surface area contributed by atoms with E-state index in [1.807, 2.05) is 18.2 Å². The average molecular weight is 437 g/mol. The van der Waals surface area contributed by atoms with Gasteiger partial charge in [-0.05, 0) is 56.7 Å². The van der Waals surface area contributed by atoms with E-state index in [1.54, 1.807) is 20.2 Å². The number of methoxy groups -OCH3 is 1. The molecule has 1 fully saturated rings. The van der Waals surface area contributed by atoms with Gasteiger partial charge >= 0.3 is 5.97 Å². The summed E-state index contributed by atoms with van der Waals surface area (Å²) in [4.78, 5) is 29.1. The lowest BCUT2D eigenvalue weighted by molar-refractivity contribution is 0.0525. The Labute approximate surface area is 187 Å². The van der Waals surface area contributed by atoms with E-state index in [9.17, 15) is 4.79 Å². The number of aromatic nitrogens is 4. The maximum atomic E-state index is 11.7. The molecule has 3 heterocycles. The van der Waals surface area contributed by atoms with Crippen molar-refractivity contribution in [3.8, 4) is 5.88 Å².